The first-order valence-electron chi connectivity index (χ1n) is 6.15. The van der Waals surface area contributed by atoms with E-state index in [9.17, 15) is 14.4 Å². The van der Waals surface area contributed by atoms with E-state index in [1.807, 2.05) is 0 Å². The van der Waals surface area contributed by atoms with Gasteiger partial charge in [0, 0.05) is 18.3 Å². The molecule has 0 bridgehead atoms. The predicted octanol–water partition coefficient (Wildman–Crippen LogP) is 0.619. The lowest BCUT2D eigenvalue weighted by atomic mass is 10.0. The topological polar surface area (TPSA) is 90.5 Å². The number of rotatable bonds is 2. The number of carbonyl (C=O) groups excluding carboxylic acids is 1. The Morgan fingerprint density at radius 2 is 2.11 bits per heavy atom. The number of hydrogen-bond acceptors (Lipinski definition) is 3. The third-order valence-electron chi connectivity index (χ3n) is 3.62. The minimum atomic E-state index is -0.902. The van der Waals surface area contributed by atoms with Gasteiger partial charge in [-0.15, -0.1) is 0 Å². The van der Waals surface area contributed by atoms with Crippen LogP contribution in [0.25, 0.3) is 0 Å². The van der Waals surface area contributed by atoms with E-state index in [4.69, 9.17) is 5.11 Å². The molecule has 1 aliphatic rings. The molecule has 0 radical (unpaired) electrons. The van der Waals surface area contributed by atoms with E-state index >= 15 is 0 Å². The molecule has 2 rings (SSSR count). The van der Waals surface area contributed by atoms with Crippen molar-refractivity contribution in [3.63, 3.8) is 0 Å². The minimum absolute atomic E-state index is 0.0588. The largest absolute Gasteiger partial charge is 0.481 e. The van der Waals surface area contributed by atoms with Crippen molar-refractivity contribution in [2.75, 3.05) is 6.54 Å². The van der Waals surface area contributed by atoms with Gasteiger partial charge in [-0.3, -0.25) is 14.4 Å². The Balaban J connectivity index is 2.26. The van der Waals surface area contributed by atoms with Gasteiger partial charge in [0.05, 0.1) is 5.92 Å². The van der Waals surface area contributed by atoms with Crippen LogP contribution in [0.1, 0.15) is 29.4 Å². The number of carboxylic acid groups (broad SMARTS) is 1. The van der Waals surface area contributed by atoms with E-state index in [-0.39, 0.29) is 5.56 Å². The number of nitrogens with zero attached hydrogens (tertiary/aromatic N) is 1. The van der Waals surface area contributed by atoms with Gasteiger partial charge in [-0.05, 0) is 32.4 Å². The Kier molecular flexibility index (Phi) is 3.42. The van der Waals surface area contributed by atoms with E-state index < -0.39 is 29.4 Å². The molecule has 2 heterocycles. The van der Waals surface area contributed by atoms with Gasteiger partial charge < -0.3 is 15.0 Å². The summed E-state index contributed by atoms with van der Waals surface area (Å²) < 4.78 is 0. The molecule has 6 heteroatoms. The summed E-state index contributed by atoms with van der Waals surface area (Å²) in [7, 11) is 0. The van der Waals surface area contributed by atoms with Gasteiger partial charge in [0.2, 0.25) is 0 Å². The summed E-state index contributed by atoms with van der Waals surface area (Å²) >= 11 is 0. The van der Waals surface area contributed by atoms with Gasteiger partial charge >= 0.3 is 5.97 Å². The van der Waals surface area contributed by atoms with E-state index in [1.54, 1.807) is 19.9 Å². The fourth-order valence-corrected chi connectivity index (χ4v) is 2.45. The molecule has 1 aliphatic heterocycles. The highest BCUT2D eigenvalue weighted by molar-refractivity contribution is 5.94. The number of carboxylic acids is 1. The molecular formula is C13H16N2O4. The van der Waals surface area contributed by atoms with Crippen LogP contribution in [0.4, 0.5) is 0 Å². The number of carbonyl (C=O) groups is 2. The maximum absolute atomic E-state index is 12.3. The smallest absolute Gasteiger partial charge is 0.308 e. The maximum atomic E-state index is 12.3. The second kappa shape index (κ2) is 4.87. The first kappa shape index (κ1) is 13.3. The number of aliphatic carboxylic acids is 1. The molecule has 2 atom stereocenters. The lowest BCUT2D eigenvalue weighted by molar-refractivity contribution is -0.142. The minimum Gasteiger partial charge on any atom is -0.481 e. The van der Waals surface area contributed by atoms with E-state index in [2.05, 4.69) is 4.98 Å². The third-order valence-corrected chi connectivity index (χ3v) is 3.62. The second-order valence-corrected chi connectivity index (χ2v) is 4.86. The van der Waals surface area contributed by atoms with Crippen molar-refractivity contribution < 1.29 is 14.7 Å². The van der Waals surface area contributed by atoms with Crippen LogP contribution >= 0.6 is 0 Å². The van der Waals surface area contributed by atoms with Gasteiger partial charge in [-0.25, -0.2) is 0 Å². The maximum Gasteiger partial charge on any atom is 0.308 e. The zero-order chi connectivity index (χ0) is 14.2. The monoisotopic (exact) mass is 264 g/mol. The number of aryl methyl sites for hydroxylation is 1. The van der Waals surface area contributed by atoms with Crippen LogP contribution in [0.5, 0.6) is 0 Å². The molecule has 0 aliphatic carbocycles. The molecule has 0 aromatic carbocycles. The van der Waals surface area contributed by atoms with E-state index in [1.165, 1.54) is 11.0 Å². The van der Waals surface area contributed by atoms with Gasteiger partial charge in [0.15, 0.2) is 0 Å². The number of likely N-dealkylation sites (tertiary alicyclic amines) is 1. The fourth-order valence-electron chi connectivity index (χ4n) is 2.45. The molecule has 2 unspecified atom stereocenters. The Labute approximate surface area is 110 Å². The second-order valence-electron chi connectivity index (χ2n) is 4.86. The molecule has 1 aromatic rings. The summed E-state index contributed by atoms with van der Waals surface area (Å²) in [6.07, 6.45) is 0.423. The van der Waals surface area contributed by atoms with Crippen molar-refractivity contribution in [2.24, 2.45) is 5.92 Å². The number of aromatic amines is 1. The molecule has 0 saturated carbocycles. The quantitative estimate of drug-likeness (QED) is 0.819. The Hall–Kier alpha value is -2.11. The summed E-state index contributed by atoms with van der Waals surface area (Å²) in [6.45, 7) is 3.80. The van der Waals surface area contributed by atoms with Crippen molar-refractivity contribution in [1.29, 1.82) is 0 Å². The number of aromatic nitrogens is 1. The zero-order valence-electron chi connectivity index (χ0n) is 10.8. The average Bonchev–Trinajstić information content (AvgIpc) is 2.70. The molecule has 1 saturated heterocycles. The van der Waals surface area contributed by atoms with Crippen LogP contribution in [0.15, 0.2) is 16.9 Å². The van der Waals surface area contributed by atoms with Crippen molar-refractivity contribution in [3.8, 4) is 0 Å². The molecular weight excluding hydrogens is 248 g/mol. The number of pyridine rings is 1. The zero-order valence-corrected chi connectivity index (χ0v) is 10.8. The third kappa shape index (κ3) is 2.38. The lowest BCUT2D eigenvalue weighted by Gasteiger charge is -2.23. The molecule has 6 nitrogen and oxygen atoms in total. The molecule has 2 N–H and O–H groups in total. The SMILES string of the molecule is Cc1ccc(C(=O)N2CCC(C(=O)O)C2C)c(=O)[nH]1. The fraction of sp³-hybridized carbons (Fsp3) is 0.462. The first-order valence-corrected chi connectivity index (χ1v) is 6.15. The predicted molar refractivity (Wildman–Crippen MR) is 68.0 cm³/mol. The van der Waals surface area contributed by atoms with E-state index in [0.29, 0.717) is 18.7 Å². The molecule has 1 fully saturated rings. The van der Waals surface area contributed by atoms with Crippen molar-refractivity contribution >= 4 is 11.9 Å². The summed E-state index contributed by atoms with van der Waals surface area (Å²) in [5.41, 5.74) is 0.305. The van der Waals surface area contributed by atoms with Crippen LogP contribution < -0.4 is 5.56 Å². The summed E-state index contributed by atoms with van der Waals surface area (Å²) in [5.74, 6) is -1.87. The Morgan fingerprint density at radius 3 is 2.63 bits per heavy atom. The summed E-state index contributed by atoms with van der Waals surface area (Å²) in [6, 6.07) is 2.74. The summed E-state index contributed by atoms with van der Waals surface area (Å²) in [4.78, 5) is 39.1. The van der Waals surface area contributed by atoms with Crippen molar-refractivity contribution in [3.05, 3.63) is 33.7 Å². The molecule has 19 heavy (non-hydrogen) atoms. The normalized spacial score (nSPS) is 22.5. The van der Waals surface area contributed by atoms with Gasteiger partial charge in [-0.2, -0.15) is 0 Å². The van der Waals surface area contributed by atoms with Crippen LogP contribution in [0, 0.1) is 12.8 Å². The highest BCUT2D eigenvalue weighted by Crippen LogP contribution is 2.25. The number of H-pyrrole nitrogens is 1. The number of nitrogens with one attached hydrogen (secondary N) is 1. The number of hydrogen-bond donors (Lipinski definition) is 2. The van der Waals surface area contributed by atoms with Crippen LogP contribution in [0.3, 0.4) is 0 Å². The standard InChI is InChI=1S/C13H16N2O4/c1-7-3-4-10(11(16)14-7)12(17)15-6-5-9(8(15)2)13(18)19/h3-4,8-9H,5-6H2,1-2H3,(H,14,16)(H,18,19). The van der Waals surface area contributed by atoms with Crippen LogP contribution in [-0.4, -0.2) is 39.5 Å². The average molecular weight is 264 g/mol. The van der Waals surface area contributed by atoms with Gasteiger partial charge in [0.25, 0.3) is 11.5 Å². The lowest BCUT2D eigenvalue weighted by Crippen LogP contribution is -2.39. The Bertz CT molecular complexity index is 578. The van der Waals surface area contributed by atoms with Crippen molar-refractivity contribution in [1.82, 2.24) is 9.88 Å². The summed E-state index contributed by atoms with van der Waals surface area (Å²) in [5, 5.41) is 9.04. The highest BCUT2D eigenvalue weighted by atomic mass is 16.4. The first-order chi connectivity index (χ1) is 8.91. The van der Waals surface area contributed by atoms with Gasteiger partial charge in [-0.1, -0.05) is 0 Å². The highest BCUT2D eigenvalue weighted by Gasteiger charge is 2.38. The molecule has 0 spiro atoms. The molecule has 1 amide bonds. The van der Waals surface area contributed by atoms with Crippen LogP contribution in [0.2, 0.25) is 0 Å². The van der Waals surface area contributed by atoms with Gasteiger partial charge in [0.1, 0.15) is 5.56 Å². The molecule has 1 aromatic heterocycles. The van der Waals surface area contributed by atoms with E-state index in [0.717, 1.165) is 0 Å². The van der Waals surface area contributed by atoms with Crippen molar-refractivity contribution in [2.45, 2.75) is 26.3 Å². The Morgan fingerprint density at radius 1 is 1.42 bits per heavy atom. The molecule has 102 valence electrons. The number of amides is 1. The van der Waals surface area contributed by atoms with Crippen LogP contribution in [-0.2, 0) is 4.79 Å².